The number of rotatable bonds is 4. The van der Waals surface area contributed by atoms with E-state index >= 15 is 0 Å². The molecule has 1 nitrogen and oxygen atoms in total. The summed E-state index contributed by atoms with van der Waals surface area (Å²) in [5, 5.41) is 1.34. The number of aryl methyl sites for hydroxylation is 1. The van der Waals surface area contributed by atoms with Crippen LogP contribution in [0.25, 0.3) is 22.1 Å². The van der Waals surface area contributed by atoms with E-state index in [1.54, 1.807) is 11.1 Å². The van der Waals surface area contributed by atoms with Crippen molar-refractivity contribution in [2.45, 2.75) is 174 Å². The van der Waals surface area contributed by atoms with Crippen LogP contribution in [-0.2, 0) is 39.9 Å². The average Bonchev–Trinajstić information content (AvgIpc) is 3.70. The fourth-order valence-corrected chi connectivity index (χ4v) is 13.0. The maximum Gasteiger partial charge on any atom is 0.247 e. The molecule has 0 spiro atoms. The van der Waals surface area contributed by atoms with Gasteiger partial charge in [0.2, 0.25) is 6.71 Å². The summed E-state index contributed by atoms with van der Waals surface area (Å²) in [4.78, 5) is 0. The lowest BCUT2D eigenvalue weighted by Crippen LogP contribution is -2.59. The van der Waals surface area contributed by atoms with Crippen LogP contribution in [0.1, 0.15) is 183 Å². The summed E-state index contributed by atoms with van der Waals surface area (Å²) in [6.45, 7) is 31.9. The van der Waals surface area contributed by atoms with Crippen molar-refractivity contribution >= 4 is 34.1 Å². The Bertz CT molecular complexity index is 2750. The van der Waals surface area contributed by atoms with E-state index in [4.69, 9.17) is 4.42 Å². The first-order valence-electron chi connectivity index (χ1n) is 24.2. The Hall–Kier alpha value is -4.30. The molecular formula is C60H71BO. The molecule has 1 fully saturated rings. The largest absolute Gasteiger partial charge is 0.461 e. The smallest absolute Gasteiger partial charge is 0.247 e. The van der Waals surface area contributed by atoms with Crippen LogP contribution in [0.15, 0.2) is 95.4 Å². The van der Waals surface area contributed by atoms with Crippen molar-refractivity contribution < 1.29 is 4.42 Å². The van der Waals surface area contributed by atoms with Gasteiger partial charge in [0.1, 0.15) is 11.3 Å². The molecule has 0 N–H and O–H groups in total. The molecule has 2 heterocycles. The first-order chi connectivity index (χ1) is 29.1. The third-order valence-corrected chi connectivity index (χ3v) is 17.4. The lowest BCUT2D eigenvalue weighted by molar-refractivity contribution is 0.109. The van der Waals surface area contributed by atoms with Crippen molar-refractivity contribution in [3.05, 3.63) is 147 Å². The number of hydrogen-bond acceptors (Lipinski definition) is 1. The Morgan fingerprint density at radius 3 is 1.94 bits per heavy atom. The van der Waals surface area contributed by atoms with E-state index in [1.165, 1.54) is 116 Å². The molecule has 0 bridgehead atoms. The molecule has 0 saturated heterocycles. The molecule has 3 unspecified atom stereocenters. The molecule has 320 valence electrons. The molecule has 3 atom stereocenters. The summed E-state index contributed by atoms with van der Waals surface area (Å²) in [7, 11) is 0. The predicted octanol–water partition coefficient (Wildman–Crippen LogP) is 14.0. The van der Waals surface area contributed by atoms with Crippen molar-refractivity contribution in [3.63, 3.8) is 0 Å². The van der Waals surface area contributed by atoms with Gasteiger partial charge in [-0.1, -0.05) is 191 Å². The Morgan fingerprint density at radius 1 is 0.629 bits per heavy atom. The van der Waals surface area contributed by atoms with Crippen LogP contribution in [0.5, 0.6) is 0 Å². The van der Waals surface area contributed by atoms with Crippen molar-refractivity contribution in [3.8, 4) is 11.1 Å². The van der Waals surface area contributed by atoms with E-state index in [-0.39, 0.29) is 45.1 Å². The van der Waals surface area contributed by atoms with Crippen LogP contribution >= 0.6 is 0 Å². The van der Waals surface area contributed by atoms with Crippen LogP contribution in [0.3, 0.4) is 0 Å². The molecule has 1 saturated carbocycles. The van der Waals surface area contributed by atoms with Crippen molar-refractivity contribution in [2.24, 2.45) is 5.41 Å². The summed E-state index contributed by atoms with van der Waals surface area (Å²) in [6.07, 6.45) is 9.65. The number of hydrogen-bond donors (Lipinski definition) is 0. The summed E-state index contributed by atoms with van der Waals surface area (Å²) < 4.78 is 7.63. The Morgan fingerprint density at radius 2 is 1.27 bits per heavy atom. The van der Waals surface area contributed by atoms with Crippen molar-refractivity contribution in [2.75, 3.05) is 0 Å². The maximum absolute atomic E-state index is 7.63. The molecular weight excluding hydrogens is 747 g/mol. The van der Waals surface area contributed by atoms with Gasteiger partial charge in [0.15, 0.2) is 0 Å². The highest BCUT2D eigenvalue weighted by molar-refractivity contribution is 6.98. The van der Waals surface area contributed by atoms with Crippen molar-refractivity contribution in [1.29, 1.82) is 0 Å². The van der Waals surface area contributed by atoms with Crippen LogP contribution in [-0.4, -0.2) is 6.71 Å². The highest BCUT2D eigenvalue weighted by Crippen LogP contribution is 2.59. The zero-order valence-corrected chi connectivity index (χ0v) is 40.4. The minimum atomic E-state index is 0.00916. The van der Waals surface area contributed by atoms with Crippen LogP contribution < -0.4 is 16.4 Å². The fraction of sp³-hybridized carbons (Fsp3) is 0.467. The van der Waals surface area contributed by atoms with Gasteiger partial charge in [-0.3, -0.25) is 0 Å². The highest BCUT2D eigenvalue weighted by atomic mass is 16.3. The van der Waals surface area contributed by atoms with Gasteiger partial charge in [-0.05, 0) is 151 Å². The number of fused-ring (bicyclic) bond motifs is 8. The first-order valence-corrected chi connectivity index (χ1v) is 24.2. The van der Waals surface area contributed by atoms with E-state index in [1.807, 2.05) is 0 Å². The summed E-state index contributed by atoms with van der Waals surface area (Å²) >= 11 is 0. The first kappa shape index (κ1) is 41.7. The molecule has 3 aliphatic carbocycles. The average molecular weight is 819 g/mol. The molecule has 62 heavy (non-hydrogen) atoms. The van der Waals surface area contributed by atoms with Gasteiger partial charge in [-0.25, -0.2) is 0 Å². The SMILES string of the molecule is Cc1cc(-c2ccccc2)cc2c1B(c1cc(C(C)(C)C)cc3c1CC1(C)CCCCC31C)c1c(oc3cc4c(cc13)C(C)(C)CCC4(C)C)C2Cc1ccc(C(C)(C)C)cc1. The second kappa shape index (κ2) is 13.9. The third kappa shape index (κ3) is 6.38. The van der Waals surface area contributed by atoms with Crippen molar-refractivity contribution in [1.82, 2.24) is 0 Å². The van der Waals surface area contributed by atoms with Gasteiger partial charge in [0, 0.05) is 11.3 Å². The standard InChI is InChI=1S/C60H71BO/c1-37-29-40(39-19-15-14-16-20-39)31-43-44(30-38-21-23-41(24-22-38)55(2,3)4)54-53(45-34-48-49(35-51(45)62-54)58(10,11)28-27-57(48,8)9)61(52(37)43)50-33-42(56(5,6)7)32-47-46(50)36-59(12)25-17-18-26-60(47,59)13/h14-16,19-24,29,31-35,44H,17-18,25-28,30,36H2,1-13H3. The normalized spacial score (nSPS) is 23.7. The summed E-state index contributed by atoms with van der Waals surface area (Å²) in [5.74, 6) is 1.25. The fourth-order valence-electron chi connectivity index (χ4n) is 13.0. The van der Waals surface area contributed by atoms with Gasteiger partial charge in [0.25, 0.3) is 0 Å². The minimum absolute atomic E-state index is 0.00916. The van der Waals surface area contributed by atoms with Gasteiger partial charge in [0.05, 0.1) is 0 Å². The number of benzene rings is 5. The maximum atomic E-state index is 7.63. The van der Waals surface area contributed by atoms with Crippen LogP contribution in [0.4, 0.5) is 0 Å². The lowest BCUT2D eigenvalue weighted by Gasteiger charge is -2.46. The van der Waals surface area contributed by atoms with Gasteiger partial charge >= 0.3 is 0 Å². The molecule has 5 aromatic carbocycles. The lowest BCUT2D eigenvalue weighted by atomic mass is 9.31. The van der Waals surface area contributed by atoms with Gasteiger partial charge < -0.3 is 4.42 Å². The summed E-state index contributed by atoms with van der Waals surface area (Å²) in [6, 6.07) is 36.2. The predicted molar refractivity (Wildman–Crippen MR) is 266 cm³/mol. The van der Waals surface area contributed by atoms with E-state index in [9.17, 15) is 0 Å². The summed E-state index contributed by atoms with van der Waals surface area (Å²) in [5.41, 5.74) is 22.1. The Kier molecular flexibility index (Phi) is 9.32. The second-order valence-electron chi connectivity index (χ2n) is 24.5. The van der Waals surface area contributed by atoms with Crippen LogP contribution in [0.2, 0.25) is 0 Å². The topological polar surface area (TPSA) is 13.1 Å². The van der Waals surface area contributed by atoms with E-state index in [0.717, 1.165) is 18.4 Å². The molecule has 4 aliphatic rings. The highest BCUT2D eigenvalue weighted by Gasteiger charge is 2.55. The van der Waals surface area contributed by atoms with Crippen LogP contribution in [0, 0.1) is 12.3 Å². The third-order valence-electron chi connectivity index (χ3n) is 17.4. The van der Waals surface area contributed by atoms with E-state index < -0.39 is 0 Å². The Balaban J connectivity index is 1.31. The van der Waals surface area contributed by atoms with E-state index in [0.29, 0.717) is 0 Å². The molecule has 0 radical (unpaired) electrons. The molecule has 1 aliphatic heterocycles. The zero-order valence-electron chi connectivity index (χ0n) is 40.4. The van der Waals surface area contributed by atoms with E-state index in [2.05, 4.69) is 181 Å². The minimum Gasteiger partial charge on any atom is -0.461 e. The Labute approximate surface area is 374 Å². The molecule has 0 amide bonds. The molecule has 6 aromatic rings. The molecule has 2 heteroatoms. The zero-order chi connectivity index (χ0) is 43.9. The quantitative estimate of drug-likeness (QED) is 0.162. The monoisotopic (exact) mass is 819 g/mol. The molecule has 10 rings (SSSR count). The second-order valence-corrected chi connectivity index (χ2v) is 24.5. The van der Waals surface area contributed by atoms with Gasteiger partial charge in [-0.2, -0.15) is 0 Å². The number of furan rings is 1. The molecule has 1 aromatic heterocycles. The van der Waals surface area contributed by atoms with Gasteiger partial charge in [-0.15, -0.1) is 0 Å².